The number of hydrogen-bond acceptors (Lipinski definition) is 5. The number of ether oxygens (including phenoxy) is 1. The van der Waals surface area contributed by atoms with Crippen molar-refractivity contribution < 1.29 is 17.9 Å². The first kappa shape index (κ1) is 26.1. The third-order valence-corrected chi connectivity index (χ3v) is 7.40. The van der Waals surface area contributed by atoms with E-state index >= 15 is 0 Å². The van der Waals surface area contributed by atoms with Crippen LogP contribution in [-0.4, -0.2) is 32.1 Å². The minimum Gasteiger partial charge on any atom is -0.494 e. The predicted molar refractivity (Wildman–Crippen MR) is 139 cm³/mol. The number of amides is 1. The van der Waals surface area contributed by atoms with Crippen LogP contribution in [0.15, 0.2) is 53.4 Å². The van der Waals surface area contributed by atoms with Crippen LogP contribution in [0.3, 0.4) is 0 Å². The van der Waals surface area contributed by atoms with Crippen molar-refractivity contribution in [3.05, 3.63) is 54.1 Å². The van der Waals surface area contributed by atoms with Gasteiger partial charge in [-0.1, -0.05) is 33.1 Å². The number of anilines is 1. The predicted octanol–water partition coefficient (Wildman–Crippen LogP) is 4.85. The summed E-state index contributed by atoms with van der Waals surface area (Å²) >= 11 is 5.24. The van der Waals surface area contributed by atoms with Gasteiger partial charge in [-0.2, -0.15) is 0 Å². The van der Waals surface area contributed by atoms with Crippen molar-refractivity contribution in [2.45, 2.75) is 63.3 Å². The molecule has 9 heteroatoms. The molecule has 0 heterocycles. The Labute approximate surface area is 207 Å². The molecule has 3 rings (SSSR count). The third-order valence-electron chi connectivity index (χ3n) is 5.66. The summed E-state index contributed by atoms with van der Waals surface area (Å²) in [5.74, 6) is 0.936. The third kappa shape index (κ3) is 8.07. The minimum atomic E-state index is -3.56. The first-order valence-electron chi connectivity index (χ1n) is 11.7. The Morgan fingerprint density at radius 1 is 1.03 bits per heavy atom. The second-order valence-electron chi connectivity index (χ2n) is 8.94. The lowest BCUT2D eigenvalue weighted by Gasteiger charge is -2.22. The molecule has 7 nitrogen and oxygen atoms in total. The van der Waals surface area contributed by atoms with Gasteiger partial charge in [-0.3, -0.25) is 10.1 Å². The molecule has 0 spiro atoms. The van der Waals surface area contributed by atoms with Gasteiger partial charge >= 0.3 is 0 Å². The first-order chi connectivity index (χ1) is 16.2. The number of hydrogen-bond donors (Lipinski definition) is 3. The first-order valence-corrected chi connectivity index (χ1v) is 13.6. The molecular weight excluding hydrogens is 470 g/mol. The van der Waals surface area contributed by atoms with Crippen molar-refractivity contribution in [2.24, 2.45) is 5.92 Å². The zero-order valence-electron chi connectivity index (χ0n) is 19.7. The van der Waals surface area contributed by atoms with Gasteiger partial charge in [0.15, 0.2) is 5.11 Å². The fourth-order valence-electron chi connectivity index (χ4n) is 3.68. The summed E-state index contributed by atoms with van der Waals surface area (Å²) in [6, 6.07) is 13.2. The quantitative estimate of drug-likeness (QED) is 0.424. The van der Waals surface area contributed by atoms with E-state index in [-0.39, 0.29) is 22.0 Å². The molecule has 1 aliphatic carbocycles. The van der Waals surface area contributed by atoms with Crippen molar-refractivity contribution in [2.75, 3.05) is 11.9 Å². The molecule has 1 aliphatic rings. The molecule has 0 aliphatic heterocycles. The number of carbonyl (C=O) groups is 1. The van der Waals surface area contributed by atoms with Crippen LogP contribution < -0.4 is 20.1 Å². The smallest absolute Gasteiger partial charge is 0.257 e. The van der Waals surface area contributed by atoms with Crippen LogP contribution in [0.1, 0.15) is 62.7 Å². The van der Waals surface area contributed by atoms with Crippen molar-refractivity contribution >= 4 is 38.9 Å². The van der Waals surface area contributed by atoms with E-state index in [4.69, 9.17) is 17.0 Å². The average Bonchev–Trinajstić information content (AvgIpc) is 2.80. The van der Waals surface area contributed by atoms with Gasteiger partial charge in [-0.25, -0.2) is 13.1 Å². The van der Waals surface area contributed by atoms with Crippen LogP contribution in [-0.2, 0) is 10.0 Å². The Balaban J connectivity index is 1.50. The van der Waals surface area contributed by atoms with Crippen LogP contribution >= 0.6 is 12.2 Å². The SMILES string of the molecule is CC(C)CCOc1ccc(C(=O)NC(=S)Nc2ccc(S(=O)(=O)NC3CCCCC3)cc2)cc1. The summed E-state index contributed by atoms with van der Waals surface area (Å²) in [6.07, 6.45) is 5.98. The van der Waals surface area contributed by atoms with Gasteiger partial charge < -0.3 is 10.1 Å². The maximum absolute atomic E-state index is 12.6. The van der Waals surface area contributed by atoms with Gasteiger partial charge in [0, 0.05) is 17.3 Å². The Morgan fingerprint density at radius 3 is 2.29 bits per heavy atom. The van der Waals surface area contributed by atoms with Crippen LogP contribution in [0.2, 0.25) is 0 Å². The highest BCUT2D eigenvalue weighted by Gasteiger charge is 2.21. The zero-order valence-corrected chi connectivity index (χ0v) is 21.3. The van der Waals surface area contributed by atoms with E-state index in [0.717, 1.165) is 38.5 Å². The lowest BCUT2D eigenvalue weighted by Crippen LogP contribution is -2.36. The van der Waals surface area contributed by atoms with E-state index in [9.17, 15) is 13.2 Å². The highest BCUT2D eigenvalue weighted by atomic mass is 32.2. The van der Waals surface area contributed by atoms with E-state index in [2.05, 4.69) is 29.2 Å². The molecule has 0 radical (unpaired) electrons. The molecule has 2 aromatic carbocycles. The van der Waals surface area contributed by atoms with Gasteiger partial charge in [-0.15, -0.1) is 0 Å². The fourth-order valence-corrected chi connectivity index (χ4v) is 5.19. The molecule has 0 unspecified atom stereocenters. The Bertz CT molecular complexity index is 1060. The summed E-state index contributed by atoms with van der Waals surface area (Å²) in [4.78, 5) is 12.7. The lowest BCUT2D eigenvalue weighted by molar-refractivity contribution is 0.0977. The van der Waals surface area contributed by atoms with Crippen LogP contribution in [0.25, 0.3) is 0 Å². The molecule has 34 heavy (non-hydrogen) atoms. The number of thiocarbonyl (C=S) groups is 1. The molecule has 1 amide bonds. The van der Waals surface area contributed by atoms with Crippen LogP contribution in [0.5, 0.6) is 5.75 Å². The molecule has 2 aromatic rings. The molecule has 0 bridgehead atoms. The van der Waals surface area contributed by atoms with Gasteiger partial charge in [0.25, 0.3) is 5.91 Å². The van der Waals surface area contributed by atoms with Gasteiger partial charge in [-0.05, 0) is 85.9 Å². The van der Waals surface area contributed by atoms with Gasteiger partial charge in [0.05, 0.1) is 11.5 Å². The second-order valence-corrected chi connectivity index (χ2v) is 11.1. The van der Waals surface area contributed by atoms with Crippen molar-refractivity contribution in [1.29, 1.82) is 0 Å². The number of benzene rings is 2. The monoisotopic (exact) mass is 503 g/mol. The van der Waals surface area contributed by atoms with Crippen LogP contribution in [0.4, 0.5) is 5.69 Å². The molecule has 0 atom stereocenters. The number of rotatable bonds is 9. The van der Waals surface area contributed by atoms with E-state index in [1.54, 1.807) is 36.4 Å². The number of sulfonamides is 1. The fraction of sp³-hybridized carbons (Fsp3) is 0.440. The summed E-state index contributed by atoms with van der Waals surface area (Å²) < 4.78 is 33.7. The summed E-state index contributed by atoms with van der Waals surface area (Å²) in [5, 5.41) is 5.67. The van der Waals surface area contributed by atoms with Crippen molar-refractivity contribution in [3.63, 3.8) is 0 Å². The standard InChI is InChI=1S/C25H33N3O4S2/c1-18(2)16-17-32-22-12-8-19(9-13-22)24(29)27-25(33)26-20-10-14-23(15-11-20)34(30,31)28-21-6-4-3-5-7-21/h8-15,18,21,28H,3-7,16-17H2,1-2H3,(H2,26,27,29,33). The average molecular weight is 504 g/mol. The summed E-state index contributed by atoms with van der Waals surface area (Å²) in [6.45, 7) is 4.91. The minimum absolute atomic E-state index is 0.00000856. The Hall–Kier alpha value is -2.49. The highest BCUT2D eigenvalue weighted by molar-refractivity contribution is 7.89. The molecule has 0 aromatic heterocycles. The molecular formula is C25H33N3O4S2. The van der Waals surface area contributed by atoms with Gasteiger partial charge in [0.1, 0.15) is 5.75 Å². The molecule has 0 saturated heterocycles. The topological polar surface area (TPSA) is 96.5 Å². The molecule has 184 valence electrons. The second kappa shape index (κ2) is 12.3. The van der Waals surface area contributed by atoms with Crippen molar-refractivity contribution in [1.82, 2.24) is 10.0 Å². The zero-order chi connectivity index (χ0) is 24.6. The van der Waals surface area contributed by atoms with Crippen LogP contribution in [0, 0.1) is 5.92 Å². The summed E-state index contributed by atoms with van der Waals surface area (Å²) in [7, 11) is -3.56. The van der Waals surface area contributed by atoms with E-state index < -0.39 is 10.0 Å². The van der Waals surface area contributed by atoms with E-state index in [1.807, 2.05) is 0 Å². The maximum Gasteiger partial charge on any atom is 0.257 e. The summed E-state index contributed by atoms with van der Waals surface area (Å²) in [5.41, 5.74) is 1.03. The van der Waals surface area contributed by atoms with E-state index in [1.165, 1.54) is 12.1 Å². The maximum atomic E-state index is 12.6. The molecule has 1 saturated carbocycles. The lowest BCUT2D eigenvalue weighted by atomic mass is 9.96. The Kier molecular flexibility index (Phi) is 9.44. The normalized spacial score (nSPS) is 14.6. The highest BCUT2D eigenvalue weighted by Crippen LogP contribution is 2.21. The van der Waals surface area contributed by atoms with Gasteiger partial charge in [0.2, 0.25) is 10.0 Å². The molecule has 1 fully saturated rings. The largest absolute Gasteiger partial charge is 0.494 e. The number of carbonyl (C=O) groups excluding carboxylic acids is 1. The Morgan fingerprint density at radius 2 is 1.68 bits per heavy atom. The number of nitrogens with one attached hydrogen (secondary N) is 3. The molecule has 3 N–H and O–H groups in total. The van der Waals surface area contributed by atoms with Crippen molar-refractivity contribution in [3.8, 4) is 5.75 Å². The van der Waals surface area contributed by atoms with E-state index in [0.29, 0.717) is 29.5 Å².